The molecule has 5 heteroatoms. The van der Waals surface area contributed by atoms with Crippen LogP contribution < -0.4 is 0 Å². The molecule has 1 N–H and O–H groups in total. The van der Waals surface area contributed by atoms with Crippen LogP contribution in [0.5, 0.6) is 0 Å². The van der Waals surface area contributed by atoms with Crippen molar-refractivity contribution in [3.63, 3.8) is 0 Å². The molecule has 3 aromatic rings. The van der Waals surface area contributed by atoms with Crippen LogP contribution in [-0.2, 0) is 18.3 Å². The molecule has 0 aliphatic rings. The number of hydrogen-bond acceptors (Lipinski definition) is 2. The van der Waals surface area contributed by atoms with Gasteiger partial charge in [-0.15, -0.1) is 0 Å². The first-order valence-electron chi connectivity index (χ1n) is 6.13. The van der Waals surface area contributed by atoms with Crippen molar-refractivity contribution in [2.75, 3.05) is 0 Å². The van der Waals surface area contributed by atoms with E-state index in [1.165, 1.54) is 5.56 Å². The number of aliphatic carboxylic acids is 1. The van der Waals surface area contributed by atoms with Gasteiger partial charge in [-0.1, -0.05) is 6.07 Å². The molecule has 98 valence electrons. The first-order valence-corrected chi connectivity index (χ1v) is 6.13. The van der Waals surface area contributed by atoms with Gasteiger partial charge in [0.15, 0.2) is 0 Å². The van der Waals surface area contributed by atoms with E-state index in [2.05, 4.69) is 17.1 Å². The highest BCUT2D eigenvalue weighted by molar-refractivity contribution is 5.84. The third-order valence-electron chi connectivity index (χ3n) is 3.45. The van der Waals surface area contributed by atoms with Gasteiger partial charge in [-0.2, -0.15) is 0 Å². The zero-order valence-electron chi connectivity index (χ0n) is 11.1. The highest BCUT2D eigenvalue weighted by Crippen LogP contribution is 2.23. The van der Waals surface area contributed by atoms with Crippen molar-refractivity contribution in [2.24, 2.45) is 7.05 Å². The van der Waals surface area contributed by atoms with Crippen molar-refractivity contribution in [3.8, 4) is 0 Å². The third-order valence-corrected chi connectivity index (χ3v) is 3.45. The number of nitrogens with zero attached hydrogens (tertiary/aromatic N) is 3. The number of rotatable bonds is 2. The summed E-state index contributed by atoms with van der Waals surface area (Å²) < 4.78 is 3.80. The highest BCUT2D eigenvalue weighted by Gasteiger charge is 2.14. The van der Waals surface area contributed by atoms with Gasteiger partial charge >= 0.3 is 5.97 Å². The fourth-order valence-corrected chi connectivity index (χ4v) is 2.58. The standard InChI is InChI=1S/C14H15N3O2/c1-8-4-9(2)13-11(5-8)17-7-10(6-12(18)19)16(3)14(17)15-13/h4-5,7H,6H2,1-3H3,(H,18,19). The van der Waals surface area contributed by atoms with Gasteiger partial charge < -0.3 is 9.67 Å². The molecule has 5 nitrogen and oxygen atoms in total. The number of carboxylic acids is 1. The number of hydrogen-bond donors (Lipinski definition) is 1. The number of benzene rings is 1. The molecular formula is C14H15N3O2. The van der Waals surface area contributed by atoms with Crippen LogP contribution in [0.15, 0.2) is 18.3 Å². The predicted molar refractivity (Wildman–Crippen MR) is 72.5 cm³/mol. The molecule has 1 aromatic carbocycles. The van der Waals surface area contributed by atoms with E-state index < -0.39 is 5.97 Å². The zero-order valence-corrected chi connectivity index (χ0v) is 11.1. The summed E-state index contributed by atoms with van der Waals surface area (Å²) in [5.74, 6) is -0.0551. The molecule has 0 saturated carbocycles. The van der Waals surface area contributed by atoms with Crippen molar-refractivity contribution in [1.82, 2.24) is 14.0 Å². The smallest absolute Gasteiger partial charge is 0.309 e. The SMILES string of the molecule is Cc1cc(C)c2nc3n(C)c(CC(=O)O)cn3c2c1. The second-order valence-electron chi connectivity index (χ2n) is 4.98. The molecule has 2 heterocycles. The van der Waals surface area contributed by atoms with Crippen molar-refractivity contribution in [3.05, 3.63) is 35.2 Å². The second-order valence-corrected chi connectivity index (χ2v) is 4.98. The minimum atomic E-state index is -0.833. The molecule has 0 amide bonds. The normalized spacial score (nSPS) is 11.5. The molecule has 0 fully saturated rings. The number of aryl methyl sites for hydroxylation is 3. The summed E-state index contributed by atoms with van der Waals surface area (Å²) in [5, 5.41) is 8.91. The van der Waals surface area contributed by atoms with Crippen molar-refractivity contribution < 1.29 is 9.90 Å². The summed E-state index contributed by atoms with van der Waals surface area (Å²) in [7, 11) is 1.85. The Morgan fingerprint density at radius 1 is 1.37 bits per heavy atom. The Labute approximate surface area is 110 Å². The van der Waals surface area contributed by atoms with E-state index >= 15 is 0 Å². The molecule has 3 rings (SSSR count). The molecule has 0 saturated heterocycles. The molecule has 19 heavy (non-hydrogen) atoms. The summed E-state index contributed by atoms with van der Waals surface area (Å²) >= 11 is 0. The lowest BCUT2D eigenvalue weighted by atomic mass is 10.1. The number of carboxylic acid groups (broad SMARTS) is 1. The quantitative estimate of drug-likeness (QED) is 0.764. The van der Waals surface area contributed by atoms with Crippen LogP contribution in [0.4, 0.5) is 0 Å². The second kappa shape index (κ2) is 3.85. The van der Waals surface area contributed by atoms with Gasteiger partial charge in [-0.05, 0) is 31.0 Å². The maximum absolute atomic E-state index is 10.8. The summed E-state index contributed by atoms with van der Waals surface area (Å²) in [6.45, 7) is 4.09. The molecular weight excluding hydrogens is 242 g/mol. The van der Waals surface area contributed by atoms with Crippen LogP contribution >= 0.6 is 0 Å². The minimum Gasteiger partial charge on any atom is -0.481 e. The van der Waals surface area contributed by atoms with Crippen molar-refractivity contribution in [1.29, 1.82) is 0 Å². The van der Waals surface area contributed by atoms with Crippen LogP contribution in [0.1, 0.15) is 16.8 Å². The molecule has 0 aliphatic carbocycles. The van der Waals surface area contributed by atoms with E-state index in [1.807, 2.05) is 36.1 Å². The summed E-state index contributed by atoms with van der Waals surface area (Å²) in [5.41, 5.74) is 5.06. The molecule has 0 unspecified atom stereocenters. The lowest BCUT2D eigenvalue weighted by Crippen LogP contribution is -2.05. The van der Waals surface area contributed by atoms with Gasteiger partial charge in [0.05, 0.1) is 17.5 Å². The maximum Gasteiger partial charge on any atom is 0.309 e. The van der Waals surface area contributed by atoms with Gasteiger partial charge in [-0.3, -0.25) is 9.20 Å². The Kier molecular flexibility index (Phi) is 2.38. The van der Waals surface area contributed by atoms with Gasteiger partial charge in [0.2, 0.25) is 5.78 Å². The van der Waals surface area contributed by atoms with E-state index in [-0.39, 0.29) is 6.42 Å². The lowest BCUT2D eigenvalue weighted by molar-refractivity contribution is -0.136. The first-order chi connectivity index (χ1) is 8.97. The fourth-order valence-electron chi connectivity index (χ4n) is 2.58. The topological polar surface area (TPSA) is 59.5 Å². The Morgan fingerprint density at radius 3 is 2.79 bits per heavy atom. The zero-order chi connectivity index (χ0) is 13.7. The highest BCUT2D eigenvalue weighted by atomic mass is 16.4. The third kappa shape index (κ3) is 1.69. The fraction of sp³-hybridized carbons (Fsp3) is 0.286. The van der Waals surface area contributed by atoms with E-state index in [9.17, 15) is 4.79 Å². The van der Waals surface area contributed by atoms with Crippen LogP contribution in [0, 0.1) is 13.8 Å². The van der Waals surface area contributed by atoms with Gasteiger partial charge in [-0.25, -0.2) is 4.98 Å². The largest absolute Gasteiger partial charge is 0.481 e. The summed E-state index contributed by atoms with van der Waals surface area (Å²) in [4.78, 5) is 15.5. The summed E-state index contributed by atoms with van der Waals surface area (Å²) in [6.07, 6.45) is 1.86. The monoisotopic (exact) mass is 257 g/mol. The Morgan fingerprint density at radius 2 is 2.11 bits per heavy atom. The minimum absolute atomic E-state index is 0.00610. The maximum atomic E-state index is 10.8. The van der Waals surface area contributed by atoms with Crippen LogP contribution in [-0.4, -0.2) is 25.0 Å². The molecule has 0 bridgehead atoms. The van der Waals surface area contributed by atoms with E-state index in [0.29, 0.717) is 0 Å². The van der Waals surface area contributed by atoms with Crippen molar-refractivity contribution >= 4 is 22.8 Å². The number of carbonyl (C=O) groups is 1. The van der Waals surface area contributed by atoms with Crippen LogP contribution in [0.2, 0.25) is 0 Å². The van der Waals surface area contributed by atoms with Gasteiger partial charge in [0.1, 0.15) is 0 Å². The van der Waals surface area contributed by atoms with Crippen LogP contribution in [0.25, 0.3) is 16.8 Å². The average molecular weight is 257 g/mol. The molecule has 0 radical (unpaired) electrons. The van der Waals surface area contributed by atoms with Crippen LogP contribution in [0.3, 0.4) is 0 Å². The summed E-state index contributed by atoms with van der Waals surface area (Å²) in [6, 6.07) is 4.18. The van der Waals surface area contributed by atoms with Crippen molar-refractivity contribution in [2.45, 2.75) is 20.3 Å². The lowest BCUT2D eigenvalue weighted by Gasteiger charge is -1.99. The molecule has 0 spiro atoms. The van der Waals surface area contributed by atoms with Gasteiger partial charge in [0, 0.05) is 18.9 Å². The number of fused-ring (bicyclic) bond motifs is 3. The Balaban J connectivity index is 2.34. The predicted octanol–water partition coefficient (Wildman–Crippen LogP) is 2.07. The molecule has 0 atom stereocenters. The van der Waals surface area contributed by atoms with E-state index in [0.717, 1.165) is 28.1 Å². The van der Waals surface area contributed by atoms with E-state index in [4.69, 9.17) is 5.11 Å². The van der Waals surface area contributed by atoms with E-state index in [1.54, 1.807) is 0 Å². The average Bonchev–Trinajstić information content (AvgIpc) is 2.79. The Bertz CT molecular complexity index is 811. The Hall–Kier alpha value is -2.30. The van der Waals surface area contributed by atoms with Gasteiger partial charge in [0.25, 0.3) is 0 Å². The number of imidazole rings is 2. The molecule has 0 aliphatic heterocycles. The first kappa shape index (κ1) is 11.8. The number of aromatic nitrogens is 3. The molecule has 2 aromatic heterocycles.